The van der Waals surface area contributed by atoms with Crippen LogP contribution in [0.15, 0.2) is 71.6 Å². The summed E-state index contributed by atoms with van der Waals surface area (Å²) in [5, 5.41) is 13.7. The molecule has 1 aliphatic rings. The third-order valence-corrected chi connectivity index (χ3v) is 6.64. The number of nitro groups is 1. The SMILES string of the molecule is CCOc1cc(/C=C2\SC(=S)N(c3ccc([N+](=O)[O-])cc3)C2=O)ccc1OCC(=O)Nc1cccc(C)c1. The molecule has 0 saturated carbocycles. The lowest BCUT2D eigenvalue weighted by Gasteiger charge is -2.14. The van der Waals surface area contributed by atoms with Gasteiger partial charge in [0.1, 0.15) is 0 Å². The summed E-state index contributed by atoms with van der Waals surface area (Å²) in [7, 11) is 0. The van der Waals surface area contributed by atoms with Gasteiger partial charge in [0.25, 0.3) is 17.5 Å². The molecule has 0 aromatic heterocycles. The van der Waals surface area contributed by atoms with Crippen molar-refractivity contribution in [3.05, 3.63) is 92.9 Å². The number of nitrogens with zero attached hydrogens (tertiary/aromatic N) is 2. The second kappa shape index (κ2) is 11.9. The van der Waals surface area contributed by atoms with Crippen molar-refractivity contribution in [2.45, 2.75) is 13.8 Å². The van der Waals surface area contributed by atoms with E-state index in [-0.39, 0.29) is 24.1 Å². The fourth-order valence-electron chi connectivity index (χ4n) is 3.63. The Labute approximate surface area is 228 Å². The number of amides is 2. The maximum absolute atomic E-state index is 13.1. The Kier molecular flexibility index (Phi) is 8.39. The number of carbonyl (C=O) groups excluding carboxylic acids is 2. The molecule has 1 heterocycles. The van der Waals surface area contributed by atoms with Crippen molar-refractivity contribution >= 4 is 63.3 Å². The zero-order valence-corrected chi connectivity index (χ0v) is 22.1. The predicted molar refractivity (Wildman–Crippen MR) is 152 cm³/mol. The third-order valence-electron chi connectivity index (χ3n) is 5.34. The first-order chi connectivity index (χ1) is 18.2. The molecule has 3 aromatic carbocycles. The van der Waals surface area contributed by atoms with Gasteiger partial charge in [-0.25, -0.2) is 0 Å². The molecule has 194 valence electrons. The molecule has 0 bridgehead atoms. The molecule has 2 amide bonds. The summed E-state index contributed by atoms with van der Waals surface area (Å²) in [6.45, 7) is 3.94. The highest BCUT2D eigenvalue weighted by atomic mass is 32.2. The van der Waals surface area contributed by atoms with Gasteiger partial charge in [0.05, 0.1) is 22.1 Å². The number of aryl methyl sites for hydroxylation is 1. The Morgan fingerprint density at radius 3 is 2.55 bits per heavy atom. The average molecular weight is 550 g/mol. The highest BCUT2D eigenvalue weighted by Crippen LogP contribution is 2.37. The molecule has 1 saturated heterocycles. The third kappa shape index (κ3) is 6.36. The molecule has 0 aliphatic carbocycles. The molecule has 38 heavy (non-hydrogen) atoms. The van der Waals surface area contributed by atoms with E-state index in [4.69, 9.17) is 21.7 Å². The number of hydrogen-bond donors (Lipinski definition) is 1. The van der Waals surface area contributed by atoms with Crippen LogP contribution in [-0.4, -0.2) is 34.3 Å². The van der Waals surface area contributed by atoms with Crippen molar-refractivity contribution < 1.29 is 24.0 Å². The van der Waals surface area contributed by atoms with Crippen molar-refractivity contribution in [1.82, 2.24) is 0 Å². The number of nitrogens with one attached hydrogen (secondary N) is 1. The van der Waals surface area contributed by atoms with E-state index in [1.165, 1.54) is 29.2 Å². The number of thiocarbonyl (C=S) groups is 1. The molecule has 1 fully saturated rings. The Hall–Kier alpha value is -4.22. The highest BCUT2D eigenvalue weighted by Gasteiger charge is 2.33. The van der Waals surface area contributed by atoms with Crippen LogP contribution in [-0.2, 0) is 9.59 Å². The van der Waals surface area contributed by atoms with E-state index in [2.05, 4.69) is 5.32 Å². The molecule has 0 spiro atoms. The first-order valence-electron chi connectivity index (χ1n) is 11.5. The van der Waals surface area contributed by atoms with Crippen molar-refractivity contribution in [2.75, 3.05) is 23.4 Å². The first kappa shape index (κ1) is 26.8. The maximum Gasteiger partial charge on any atom is 0.270 e. The summed E-state index contributed by atoms with van der Waals surface area (Å²) in [6, 6.07) is 18.2. The molecular formula is C27H23N3O6S2. The van der Waals surface area contributed by atoms with Crippen molar-refractivity contribution in [1.29, 1.82) is 0 Å². The predicted octanol–water partition coefficient (Wildman–Crippen LogP) is 5.73. The van der Waals surface area contributed by atoms with Gasteiger partial charge in [-0.3, -0.25) is 24.6 Å². The van der Waals surface area contributed by atoms with Crippen LogP contribution in [0.25, 0.3) is 6.08 Å². The van der Waals surface area contributed by atoms with E-state index < -0.39 is 4.92 Å². The summed E-state index contributed by atoms with van der Waals surface area (Å²) in [5.41, 5.74) is 2.76. The van der Waals surface area contributed by atoms with Crippen LogP contribution in [0.5, 0.6) is 11.5 Å². The standard InChI is InChI=1S/C27H23N3O6S2/c1-3-35-23-14-18(7-12-22(23)36-16-25(31)28-19-6-4-5-17(2)13-19)15-24-26(32)29(27(37)38-24)20-8-10-21(11-9-20)30(33)34/h4-15H,3,16H2,1-2H3,(H,28,31)/b24-15-. The molecule has 0 radical (unpaired) electrons. The number of anilines is 2. The van der Waals surface area contributed by atoms with Gasteiger partial charge in [0.15, 0.2) is 22.4 Å². The van der Waals surface area contributed by atoms with E-state index in [0.717, 1.165) is 17.3 Å². The average Bonchev–Trinajstić information content (AvgIpc) is 3.16. The zero-order valence-electron chi connectivity index (χ0n) is 20.5. The smallest absolute Gasteiger partial charge is 0.270 e. The highest BCUT2D eigenvalue weighted by molar-refractivity contribution is 8.27. The zero-order chi connectivity index (χ0) is 27.2. The summed E-state index contributed by atoms with van der Waals surface area (Å²) in [6.07, 6.45) is 1.68. The summed E-state index contributed by atoms with van der Waals surface area (Å²) < 4.78 is 11.7. The van der Waals surface area contributed by atoms with E-state index in [1.807, 2.05) is 32.0 Å². The second-order valence-corrected chi connectivity index (χ2v) is 9.81. The van der Waals surface area contributed by atoms with Crippen LogP contribution < -0.4 is 19.7 Å². The summed E-state index contributed by atoms with van der Waals surface area (Å²) >= 11 is 6.52. The number of non-ortho nitro benzene ring substituents is 1. The topological polar surface area (TPSA) is 111 Å². The number of nitro benzene ring substituents is 1. The van der Waals surface area contributed by atoms with Gasteiger partial charge in [0.2, 0.25) is 0 Å². The van der Waals surface area contributed by atoms with Crippen LogP contribution in [0.4, 0.5) is 17.1 Å². The number of benzene rings is 3. The number of hydrogen-bond acceptors (Lipinski definition) is 8. The van der Waals surface area contributed by atoms with Gasteiger partial charge in [-0.15, -0.1) is 0 Å². The number of thioether (sulfide) groups is 1. The molecular weight excluding hydrogens is 526 g/mol. The maximum atomic E-state index is 13.1. The fraction of sp³-hybridized carbons (Fsp3) is 0.148. The van der Waals surface area contributed by atoms with Gasteiger partial charge < -0.3 is 14.8 Å². The molecule has 1 aliphatic heterocycles. The lowest BCUT2D eigenvalue weighted by atomic mass is 10.1. The van der Waals surface area contributed by atoms with Crippen LogP contribution in [0, 0.1) is 17.0 Å². The molecule has 0 atom stereocenters. The van der Waals surface area contributed by atoms with E-state index in [9.17, 15) is 19.7 Å². The summed E-state index contributed by atoms with van der Waals surface area (Å²) in [5.74, 6) is 0.175. The van der Waals surface area contributed by atoms with Gasteiger partial charge in [-0.1, -0.05) is 42.2 Å². The van der Waals surface area contributed by atoms with E-state index in [0.29, 0.717) is 44.3 Å². The molecule has 3 aromatic rings. The van der Waals surface area contributed by atoms with Gasteiger partial charge in [-0.05, 0) is 67.4 Å². The Morgan fingerprint density at radius 1 is 1.11 bits per heavy atom. The van der Waals surface area contributed by atoms with Crippen molar-refractivity contribution in [3.8, 4) is 11.5 Å². The first-order valence-corrected chi connectivity index (χ1v) is 12.8. The normalized spacial score (nSPS) is 14.1. The van der Waals surface area contributed by atoms with Gasteiger partial charge in [0, 0.05) is 17.8 Å². The summed E-state index contributed by atoms with van der Waals surface area (Å²) in [4.78, 5) is 37.6. The van der Waals surface area contributed by atoms with Crippen LogP contribution in [0.1, 0.15) is 18.1 Å². The minimum Gasteiger partial charge on any atom is -0.490 e. The Balaban J connectivity index is 1.47. The van der Waals surface area contributed by atoms with Crippen LogP contribution >= 0.6 is 24.0 Å². The number of rotatable bonds is 9. The van der Waals surface area contributed by atoms with Crippen LogP contribution in [0.2, 0.25) is 0 Å². The molecule has 4 rings (SSSR count). The largest absolute Gasteiger partial charge is 0.490 e. The fourth-order valence-corrected chi connectivity index (χ4v) is 4.93. The molecule has 1 N–H and O–H groups in total. The van der Waals surface area contributed by atoms with E-state index >= 15 is 0 Å². The van der Waals surface area contributed by atoms with Crippen molar-refractivity contribution in [2.24, 2.45) is 0 Å². The lowest BCUT2D eigenvalue weighted by Crippen LogP contribution is -2.27. The van der Waals surface area contributed by atoms with Crippen LogP contribution in [0.3, 0.4) is 0 Å². The quantitative estimate of drug-likeness (QED) is 0.156. The number of ether oxygens (including phenoxy) is 2. The Morgan fingerprint density at radius 2 is 1.87 bits per heavy atom. The van der Waals surface area contributed by atoms with Crippen molar-refractivity contribution in [3.63, 3.8) is 0 Å². The Bertz CT molecular complexity index is 1440. The lowest BCUT2D eigenvalue weighted by molar-refractivity contribution is -0.384. The number of carbonyl (C=O) groups is 2. The molecule has 0 unspecified atom stereocenters. The van der Waals surface area contributed by atoms with Gasteiger partial charge in [-0.2, -0.15) is 0 Å². The monoisotopic (exact) mass is 549 g/mol. The molecule has 9 nitrogen and oxygen atoms in total. The minimum atomic E-state index is -0.506. The minimum absolute atomic E-state index is 0.0758. The molecule has 11 heteroatoms. The van der Waals surface area contributed by atoms with Gasteiger partial charge >= 0.3 is 0 Å². The van der Waals surface area contributed by atoms with E-state index in [1.54, 1.807) is 30.3 Å². The second-order valence-electron chi connectivity index (χ2n) is 8.14.